The number of rotatable bonds is 6. The Hall–Kier alpha value is -2.75. The van der Waals surface area contributed by atoms with E-state index in [1.165, 1.54) is 40.4 Å². The van der Waals surface area contributed by atoms with Crippen LogP contribution in [0.4, 0.5) is 10.5 Å². The van der Waals surface area contributed by atoms with Gasteiger partial charge in [-0.25, -0.2) is 4.79 Å². The Labute approximate surface area is 192 Å². The van der Waals surface area contributed by atoms with Crippen molar-refractivity contribution in [3.63, 3.8) is 0 Å². The maximum Gasteiger partial charge on any atom is 0.319 e. The molecule has 2 amide bonds. The zero-order chi connectivity index (χ0) is 22.9. The normalized spacial score (nSPS) is 15.6. The smallest absolute Gasteiger partial charge is 0.319 e. The molecule has 1 saturated carbocycles. The van der Waals surface area contributed by atoms with Gasteiger partial charge in [0.25, 0.3) is 0 Å². The van der Waals surface area contributed by atoms with Crippen LogP contribution in [-0.2, 0) is 12.5 Å². The van der Waals surface area contributed by atoms with Gasteiger partial charge in [0.05, 0.1) is 0 Å². The van der Waals surface area contributed by atoms with Crippen molar-refractivity contribution in [3.05, 3.63) is 65.4 Å². The fraction of sp³-hybridized carbons (Fsp3) is 0.464. The minimum atomic E-state index is -0.105. The molecule has 32 heavy (non-hydrogen) atoms. The van der Waals surface area contributed by atoms with Gasteiger partial charge in [0, 0.05) is 41.8 Å². The van der Waals surface area contributed by atoms with Crippen molar-refractivity contribution in [2.75, 3.05) is 11.9 Å². The van der Waals surface area contributed by atoms with Crippen LogP contribution in [0, 0.1) is 0 Å². The third kappa shape index (κ3) is 4.15. The van der Waals surface area contributed by atoms with Crippen molar-refractivity contribution in [1.82, 2.24) is 9.88 Å². The molecule has 4 nitrogen and oxygen atoms in total. The highest BCUT2D eigenvalue weighted by molar-refractivity contribution is 5.91. The molecule has 0 unspecified atom stereocenters. The Morgan fingerprint density at radius 3 is 2.22 bits per heavy atom. The van der Waals surface area contributed by atoms with Crippen LogP contribution < -0.4 is 10.6 Å². The molecule has 2 aromatic carbocycles. The lowest BCUT2D eigenvalue weighted by Crippen LogP contribution is -2.41. The number of nitrogens with zero attached hydrogens (tertiary/aromatic N) is 1. The summed E-state index contributed by atoms with van der Waals surface area (Å²) in [4.78, 5) is 13.1. The standard InChI is InChI=1S/C28H37N3O/c1-19(2)21-12-10-13-22(20(3)4)26(21)30-27(32)29-18-28(15-8-9-16-28)24-17-31(5)25-14-7-6-11-23(24)25/h6-7,10-14,17,19-20H,8-9,15-16,18H2,1-5H3,(H2,29,30,32). The van der Waals surface area contributed by atoms with E-state index in [9.17, 15) is 4.79 Å². The number of para-hydroxylation sites is 2. The summed E-state index contributed by atoms with van der Waals surface area (Å²) in [5.41, 5.74) is 5.98. The fourth-order valence-corrected chi connectivity index (χ4v) is 5.46. The number of benzene rings is 2. The van der Waals surface area contributed by atoms with Crippen molar-refractivity contribution in [2.45, 2.75) is 70.6 Å². The summed E-state index contributed by atoms with van der Waals surface area (Å²) in [6, 6.07) is 14.9. The predicted molar refractivity (Wildman–Crippen MR) is 135 cm³/mol. The zero-order valence-electron chi connectivity index (χ0n) is 20.2. The van der Waals surface area contributed by atoms with Gasteiger partial charge in [-0.1, -0.05) is 76.9 Å². The molecule has 0 spiro atoms. The first kappa shape index (κ1) is 22.4. The number of carbonyl (C=O) groups excluding carboxylic acids is 1. The number of anilines is 1. The lowest BCUT2D eigenvalue weighted by atomic mass is 9.78. The number of hydrogen-bond donors (Lipinski definition) is 2. The van der Waals surface area contributed by atoms with Crippen molar-refractivity contribution < 1.29 is 4.79 Å². The third-order valence-corrected chi connectivity index (χ3v) is 7.23. The van der Waals surface area contributed by atoms with Crippen molar-refractivity contribution in [1.29, 1.82) is 0 Å². The second-order valence-corrected chi connectivity index (χ2v) is 10.1. The number of amides is 2. The van der Waals surface area contributed by atoms with Crippen molar-refractivity contribution in [2.24, 2.45) is 7.05 Å². The minimum absolute atomic E-state index is 0.00333. The Bertz CT molecular complexity index is 1080. The molecule has 0 saturated heterocycles. The maximum atomic E-state index is 13.1. The highest BCUT2D eigenvalue weighted by atomic mass is 16.2. The molecular formula is C28H37N3O. The Morgan fingerprint density at radius 1 is 0.969 bits per heavy atom. The Kier molecular flexibility index (Phi) is 6.32. The first-order valence-electron chi connectivity index (χ1n) is 12.0. The molecule has 4 heteroatoms. The third-order valence-electron chi connectivity index (χ3n) is 7.23. The van der Waals surface area contributed by atoms with E-state index in [1.54, 1.807) is 0 Å². The maximum absolute atomic E-state index is 13.1. The van der Waals surface area contributed by atoms with Crippen LogP contribution in [0.5, 0.6) is 0 Å². The van der Waals surface area contributed by atoms with E-state index in [2.05, 4.69) is 98.6 Å². The topological polar surface area (TPSA) is 46.1 Å². The Morgan fingerprint density at radius 2 is 1.59 bits per heavy atom. The summed E-state index contributed by atoms with van der Waals surface area (Å²) in [5, 5.41) is 7.79. The highest BCUT2D eigenvalue weighted by Crippen LogP contribution is 2.44. The van der Waals surface area contributed by atoms with Crippen LogP contribution >= 0.6 is 0 Å². The van der Waals surface area contributed by atoms with E-state index in [0.717, 1.165) is 18.5 Å². The summed E-state index contributed by atoms with van der Waals surface area (Å²) >= 11 is 0. The fourth-order valence-electron chi connectivity index (χ4n) is 5.46. The van der Waals surface area contributed by atoms with Crippen LogP contribution in [0.25, 0.3) is 10.9 Å². The molecule has 170 valence electrons. The number of aryl methyl sites for hydroxylation is 1. The molecule has 3 aromatic rings. The molecule has 4 rings (SSSR count). The molecule has 1 heterocycles. The van der Waals surface area contributed by atoms with Gasteiger partial charge in [-0.15, -0.1) is 0 Å². The van der Waals surface area contributed by atoms with Crippen LogP contribution in [-0.4, -0.2) is 17.1 Å². The van der Waals surface area contributed by atoms with E-state index in [-0.39, 0.29) is 11.4 Å². The molecule has 0 aliphatic heterocycles. The zero-order valence-corrected chi connectivity index (χ0v) is 20.2. The SMILES string of the molecule is CC(C)c1cccc(C(C)C)c1NC(=O)NCC1(c2cn(C)c3ccccc23)CCCC1. The molecule has 2 N–H and O–H groups in total. The van der Waals surface area contributed by atoms with Gasteiger partial charge >= 0.3 is 6.03 Å². The molecule has 0 atom stereocenters. The summed E-state index contributed by atoms with van der Waals surface area (Å²) in [5.74, 6) is 0.696. The molecule has 1 aliphatic carbocycles. The minimum Gasteiger partial charge on any atom is -0.350 e. The molecule has 1 aliphatic rings. The predicted octanol–water partition coefficient (Wildman–Crippen LogP) is 7.06. The van der Waals surface area contributed by atoms with Crippen LogP contribution in [0.3, 0.4) is 0 Å². The average molecular weight is 432 g/mol. The van der Waals surface area contributed by atoms with Gasteiger partial charge in [0.2, 0.25) is 0 Å². The van der Waals surface area contributed by atoms with Gasteiger partial charge in [0.1, 0.15) is 0 Å². The van der Waals surface area contributed by atoms with E-state index >= 15 is 0 Å². The number of carbonyl (C=O) groups is 1. The first-order valence-corrected chi connectivity index (χ1v) is 12.0. The van der Waals surface area contributed by atoms with Gasteiger partial charge < -0.3 is 15.2 Å². The highest BCUT2D eigenvalue weighted by Gasteiger charge is 2.38. The summed E-state index contributed by atoms with van der Waals surface area (Å²) in [6.45, 7) is 9.37. The van der Waals surface area contributed by atoms with E-state index < -0.39 is 0 Å². The molecular weight excluding hydrogens is 394 g/mol. The van der Waals surface area contributed by atoms with Gasteiger partial charge in [-0.3, -0.25) is 0 Å². The first-order chi connectivity index (χ1) is 15.3. The lowest BCUT2D eigenvalue weighted by molar-refractivity contribution is 0.248. The largest absolute Gasteiger partial charge is 0.350 e. The average Bonchev–Trinajstić information content (AvgIpc) is 3.38. The number of fused-ring (bicyclic) bond motifs is 1. The monoisotopic (exact) mass is 431 g/mol. The summed E-state index contributed by atoms with van der Waals surface area (Å²) < 4.78 is 2.22. The lowest BCUT2D eigenvalue weighted by Gasteiger charge is -2.30. The van der Waals surface area contributed by atoms with Gasteiger partial charge in [0.15, 0.2) is 0 Å². The Balaban J connectivity index is 1.58. The van der Waals surface area contributed by atoms with Gasteiger partial charge in [-0.05, 0) is 47.4 Å². The summed E-state index contributed by atoms with van der Waals surface area (Å²) in [6.07, 6.45) is 6.92. The molecule has 0 radical (unpaired) electrons. The molecule has 0 bridgehead atoms. The van der Waals surface area contributed by atoms with E-state index in [4.69, 9.17) is 0 Å². The number of urea groups is 1. The van der Waals surface area contributed by atoms with Crippen LogP contribution in [0.2, 0.25) is 0 Å². The van der Waals surface area contributed by atoms with Crippen LogP contribution in [0.15, 0.2) is 48.7 Å². The van der Waals surface area contributed by atoms with E-state index in [0.29, 0.717) is 18.4 Å². The van der Waals surface area contributed by atoms with Crippen molar-refractivity contribution >= 4 is 22.6 Å². The van der Waals surface area contributed by atoms with E-state index in [1.807, 2.05) is 0 Å². The van der Waals surface area contributed by atoms with Crippen molar-refractivity contribution in [3.8, 4) is 0 Å². The second kappa shape index (κ2) is 9.01. The second-order valence-electron chi connectivity index (χ2n) is 10.1. The van der Waals surface area contributed by atoms with Gasteiger partial charge in [-0.2, -0.15) is 0 Å². The number of hydrogen-bond acceptors (Lipinski definition) is 1. The number of nitrogens with one attached hydrogen (secondary N) is 2. The molecule has 1 aromatic heterocycles. The van der Waals surface area contributed by atoms with Crippen LogP contribution in [0.1, 0.15) is 81.9 Å². The molecule has 1 fully saturated rings. The summed E-state index contributed by atoms with van der Waals surface area (Å²) in [7, 11) is 2.12. The quantitative estimate of drug-likeness (QED) is 0.431. The number of aromatic nitrogens is 1.